The van der Waals surface area contributed by atoms with E-state index in [9.17, 15) is 5.11 Å². The first-order chi connectivity index (χ1) is 10.2. The van der Waals surface area contributed by atoms with Gasteiger partial charge >= 0.3 is 0 Å². The predicted molar refractivity (Wildman–Crippen MR) is 101 cm³/mol. The lowest BCUT2D eigenvalue weighted by Gasteiger charge is -2.15. The van der Waals surface area contributed by atoms with Gasteiger partial charge in [-0.15, -0.1) is 24.8 Å². The van der Waals surface area contributed by atoms with Gasteiger partial charge in [-0.2, -0.15) is 0 Å². The molecule has 3 nitrogen and oxygen atoms in total. The van der Waals surface area contributed by atoms with E-state index < -0.39 is 6.10 Å². The molecule has 5 heteroatoms. The average Bonchev–Trinajstić information content (AvgIpc) is 2.98. The number of aliphatic imine (C=N–C) groups is 1. The zero-order valence-corrected chi connectivity index (χ0v) is 14.4. The molecule has 0 saturated heterocycles. The lowest BCUT2D eigenvalue weighted by atomic mass is 10.00. The number of benzene rings is 2. The van der Waals surface area contributed by atoms with Gasteiger partial charge in [-0.1, -0.05) is 42.5 Å². The highest BCUT2D eigenvalue weighted by molar-refractivity contribution is 5.88. The molecular formula is C18H22Cl2N2O. The molecule has 0 unspecified atom stereocenters. The lowest BCUT2D eigenvalue weighted by Crippen LogP contribution is -2.13. The monoisotopic (exact) mass is 352 g/mol. The van der Waals surface area contributed by atoms with Crippen molar-refractivity contribution in [2.75, 3.05) is 5.73 Å². The van der Waals surface area contributed by atoms with Crippen molar-refractivity contribution in [2.45, 2.75) is 31.4 Å². The molecule has 0 fully saturated rings. The van der Waals surface area contributed by atoms with Gasteiger partial charge < -0.3 is 10.8 Å². The molecule has 0 bridgehead atoms. The topological polar surface area (TPSA) is 58.6 Å². The number of aliphatic hydroxyl groups excluding tert-OH is 1. The Labute approximate surface area is 149 Å². The van der Waals surface area contributed by atoms with E-state index >= 15 is 0 Å². The Morgan fingerprint density at radius 2 is 1.70 bits per heavy atom. The van der Waals surface area contributed by atoms with Crippen LogP contribution >= 0.6 is 24.8 Å². The molecule has 3 rings (SSSR count). The Bertz CT molecular complexity index is 629. The molecule has 2 atom stereocenters. The molecule has 1 aliphatic heterocycles. The fraction of sp³-hybridized carbons (Fsp3) is 0.278. The van der Waals surface area contributed by atoms with Crippen LogP contribution in [-0.2, 0) is 6.42 Å². The van der Waals surface area contributed by atoms with Gasteiger partial charge in [0.1, 0.15) is 6.10 Å². The lowest BCUT2D eigenvalue weighted by molar-refractivity contribution is 0.147. The highest BCUT2D eigenvalue weighted by atomic mass is 35.5. The molecule has 2 aromatic carbocycles. The number of nitrogen functional groups attached to an aromatic ring is 1. The molecule has 1 aliphatic rings. The molecule has 0 spiro atoms. The van der Waals surface area contributed by atoms with Crippen LogP contribution in [0.5, 0.6) is 0 Å². The minimum Gasteiger partial charge on any atom is -0.399 e. The first-order valence-corrected chi connectivity index (χ1v) is 7.35. The number of hydrogen-bond donors (Lipinski definition) is 2. The largest absolute Gasteiger partial charge is 0.399 e. The maximum Gasteiger partial charge on any atom is 0.101 e. The van der Waals surface area contributed by atoms with Crippen LogP contribution in [0.2, 0.25) is 0 Å². The normalized spacial score (nSPS) is 17.6. The molecular weight excluding hydrogens is 331 g/mol. The summed E-state index contributed by atoms with van der Waals surface area (Å²) in [6, 6.07) is 17.7. The van der Waals surface area contributed by atoms with Crippen molar-refractivity contribution in [3.05, 3.63) is 65.7 Å². The number of rotatable bonds is 4. The third-order valence-electron chi connectivity index (χ3n) is 3.97. The second-order valence-corrected chi connectivity index (χ2v) is 5.58. The molecule has 0 amide bonds. The highest BCUT2D eigenvalue weighted by Gasteiger charge is 2.25. The van der Waals surface area contributed by atoms with E-state index in [0.717, 1.165) is 30.5 Å². The van der Waals surface area contributed by atoms with Crippen molar-refractivity contribution < 1.29 is 5.11 Å². The zero-order chi connectivity index (χ0) is 14.7. The van der Waals surface area contributed by atoms with Crippen LogP contribution in [0.3, 0.4) is 0 Å². The summed E-state index contributed by atoms with van der Waals surface area (Å²) in [5, 5.41) is 10.4. The highest BCUT2D eigenvalue weighted by Crippen LogP contribution is 2.27. The van der Waals surface area contributed by atoms with Crippen LogP contribution in [0, 0.1) is 0 Å². The summed E-state index contributed by atoms with van der Waals surface area (Å²) in [7, 11) is 0. The summed E-state index contributed by atoms with van der Waals surface area (Å²) in [5.74, 6) is 0. The SMILES string of the molecule is Cl.Cl.Nc1ccc(CC2=N[C@@H]([C@H](O)c3ccccc3)CC2)cc1. The zero-order valence-electron chi connectivity index (χ0n) is 12.8. The van der Waals surface area contributed by atoms with E-state index in [4.69, 9.17) is 10.7 Å². The molecule has 0 saturated carbocycles. The number of anilines is 1. The van der Waals surface area contributed by atoms with Crippen LogP contribution in [0.25, 0.3) is 0 Å². The molecule has 2 aromatic rings. The Morgan fingerprint density at radius 3 is 2.35 bits per heavy atom. The Kier molecular flexibility index (Phi) is 7.56. The van der Waals surface area contributed by atoms with Gasteiger partial charge in [-0.3, -0.25) is 4.99 Å². The van der Waals surface area contributed by atoms with Gasteiger partial charge in [0.15, 0.2) is 0 Å². The first kappa shape index (κ1) is 19.5. The third kappa shape index (κ3) is 4.96. The van der Waals surface area contributed by atoms with Crippen LogP contribution in [-0.4, -0.2) is 16.9 Å². The summed E-state index contributed by atoms with van der Waals surface area (Å²) in [6.07, 6.45) is 2.22. The standard InChI is InChI=1S/C18H20N2O.2ClH/c19-15-8-6-13(7-9-15)12-16-10-11-17(20-16)18(21)14-4-2-1-3-5-14;;/h1-9,17-18,21H,10-12,19H2;2*1H/t17-,18-;;/m1../s1. The number of nitrogens with zero attached hydrogens (tertiary/aromatic N) is 1. The predicted octanol–water partition coefficient (Wildman–Crippen LogP) is 3.99. The minimum atomic E-state index is -0.505. The van der Waals surface area contributed by atoms with Crippen LogP contribution < -0.4 is 5.73 Å². The first-order valence-electron chi connectivity index (χ1n) is 7.35. The average molecular weight is 353 g/mol. The van der Waals surface area contributed by atoms with Crippen LogP contribution in [0.1, 0.15) is 30.1 Å². The summed E-state index contributed by atoms with van der Waals surface area (Å²) in [5.41, 5.74) is 9.81. The van der Waals surface area contributed by atoms with Crippen molar-refractivity contribution in [2.24, 2.45) is 4.99 Å². The molecule has 3 N–H and O–H groups in total. The molecule has 0 aliphatic carbocycles. The van der Waals surface area contributed by atoms with E-state index in [2.05, 4.69) is 0 Å². The van der Waals surface area contributed by atoms with E-state index in [1.165, 1.54) is 11.3 Å². The van der Waals surface area contributed by atoms with E-state index in [1.807, 2.05) is 54.6 Å². The molecule has 23 heavy (non-hydrogen) atoms. The van der Waals surface area contributed by atoms with Crippen molar-refractivity contribution >= 4 is 36.2 Å². The van der Waals surface area contributed by atoms with E-state index in [1.54, 1.807) is 0 Å². The Balaban J connectivity index is 0.00000132. The fourth-order valence-corrected chi connectivity index (χ4v) is 2.78. The number of hydrogen-bond acceptors (Lipinski definition) is 3. The van der Waals surface area contributed by atoms with Gasteiger partial charge in [-0.05, 0) is 36.1 Å². The number of aliphatic hydroxyl groups is 1. The molecule has 0 radical (unpaired) electrons. The maximum atomic E-state index is 10.4. The molecule has 0 aromatic heterocycles. The van der Waals surface area contributed by atoms with E-state index in [-0.39, 0.29) is 30.9 Å². The van der Waals surface area contributed by atoms with Gasteiger partial charge in [0, 0.05) is 17.8 Å². The Morgan fingerprint density at radius 1 is 1.04 bits per heavy atom. The van der Waals surface area contributed by atoms with Crippen LogP contribution in [0.4, 0.5) is 5.69 Å². The van der Waals surface area contributed by atoms with Gasteiger partial charge in [0.2, 0.25) is 0 Å². The second kappa shape index (κ2) is 8.92. The van der Waals surface area contributed by atoms with Crippen molar-refractivity contribution in [3.63, 3.8) is 0 Å². The minimum absolute atomic E-state index is 0. The summed E-state index contributed by atoms with van der Waals surface area (Å²) in [4.78, 5) is 4.72. The molecule has 1 heterocycles. The fourth-order valence-electron chi connectivity index (χ4n) is 2.78. The van der Waals surface area contributed by atoms with Crippen LogP contribution in [0.15, 0.2) is 59.6 Å². The summed E-state index contributed by atoms with van der Waals surface area (Å²) in [6.45, 7) is 0. The third-order valence-corrected chi connectivity index (χ3v) is 3.97. The van der Waals surface area contributed by atoms with Gasteiger partial charge in [0.25, 0.3) is 0 Å². The van der Waals surface area contributed by atoms with Crippen molar-refractivity contribution in [1.82, 2.24) is 0 Å². The number of halogens is 2. The summed E-state index contributed by atoms with van der Waals surface area (Å²) >= 11 is 0. The second-order valence-electron chi connectivity index (χ2n) is 5.58. The quantitative estimate of drug-likeness (QED) is 0.817. The summed E-state index contributed by atoms with van der Waals surface area (Å²) < 4.78 is 0. The maximum absolute atomic E-state index is 10.4. The Hall–Kier alpha value is -1.55. The smallest absolute Gasteiger partial charge is 0.101 e. The number of nitrogens with two attached hydrogens (primary N) is 1. The van der Waals surface area contributed by atoms with Crippen molar-refractivity contribution in [1.29, 1.82) is 0 Å². The van der Waals surface area contributed by atoms with Gasteiger partial charge in [-0.25, -0.2) is 0 Å². The van der Waals surface area contributed by atoms with Gasteiger partial charge in [0.05, 0.1) is 6.04 Å². The molecule has 124 valence electrons. The van der Waals surface area contributed by atoms with Crippen molar-refractivity contribution in [3.8, 4) is 0 Å². The van der Waals surface area contributed by atoms with E-state index in [0.29, 0.717) is 0 Å².